The van der Waals surface area contributed by atoms with Gasteiger partial charge in [0.25, 0.3) is 5.69 Å². The van der Waals surface area contributed by atoms with Gasteiger partial charge in [0.05, 0.1) is 10.8 Å². The number of anilines is 2. The Labute approximate surface area is 150 Å². The number of nitro benzene ring substituents is 1. The smallest absolute Gasteiger partial charge is 0.269 e. The zero-order chi connectivity index (χ0) is 18.8. The van der Waals surface area contributed by atoms with Gasteiger partial charge in [-0.3, -0.25) is 19.7 Å². The largest absolute Gasteiger partial charge is 0.326 e. The summed E-state index contributed by atoms with van der Waals surface area (Å²) in [7, 11) is 0. The standard InChI is InChI=1S/C19H19N3O4/c1-12-5-3-4-6-17(12)21-11-14(10-18(21)23)19(24)20-16-8-7-15(22(25)26)9-13(16)2/h3-9,14H,10-11H2,1-2H3,(H,20,24). The average Bonchev–Trinajstić information content (AvgIpc) is 2.98. The molecule has 0 saturated carbocycles. The molecule has 2 amide bonds. The Bertz CT molecular complexity index is 894. The van der Waals surface area contributed by atoms with Crippen LogP contribution in [0.4, 0.5) is 17.1 Å². The summed E-state index contributed by atoms with van der Waals surface area (Å²) in [5.41, 5.74) is 2.89. The Hall–Kier alpha value is -3.22. The molecule has 2 aromatic rings. The lowest BCUT2D eigenvalue weighted by molar-refractivity contribution is -0.384. The van der Waals surface area contributed by atoms with E-state index in [1.54, 1.807) is 11.8 Å². The molecular formula is C19H19N3O4. The van der Waals surface area contributed by atoms with Gasteiger partial charge in [0.15, 0.2) is 0 Å². The molecule has 0 aliphatic carbocycles. The van der Waals surface area contributed by atoms with Crippen LogP contribution >= 0.6 is 0 Å². The molecule has 26 heavy (non-hydrogen) atoms. The van der Waals surface area contributed by atoms with Gasteiger partial charge >= 0.3 is 0 Å². The van der Waals surface area contributed by atoms with E-state index in [4.69, 9.17) is 0 Å². The van der Waals surface area contributed by atoms with Crippen molar-refractivity contribution in [2.45, 2.75) is 20.3 Å². The molecule has 1 atom stereocenters. The summed E-state index contributed by atoms with van der Waals surface area (Å²) in [4.78, 5) is 36.9. The molecule has 1 aliphatic rings. The minimum atomic E-state index is -0.478. The van der Waals surface area contributed by atoms with Crippen molar-refractivity contribution in [2.75, 3.05) is 16.8 Å². The Balaban J connectivity index is 1.73. The third-order valence-electron chi connectivity index (χ3n) is 4.58. The summed E-state index contributed by atoms with van der Waals surface area (Å²) in [5, 5.41) is 13.6. The van der Waals surface area contributed by atoms with Gasteiger partial charge in [0, 0.05) is 36.5 Å². The number of nitro groups is 1. The van der Waals surface area contributed by atoms with E-state index in [-0.39, 0.29) is 23.9 Å². The van der Waals surface area contributed by atoms with Crippen molar-refractivity contribution in [3.63, 3.8) is 0 Å². The topological polar surface area (TPSA) is 92.5 Å². The van der Waals surface area contributed by atoms with E-state index in [9.17, 15) is 19.7 Å². The normalized spacial score (nSPS) is 16.6. The van der Waals surface area contributed by atoms with Crippen molar-refractivity contribution in [1.29, 1.82) is 0 Å². The first-order chi connectivity index (χ1) is 12.4. The number of nitrogens with one attached hydrogen (secondary N) is 1. The van der Waals surface area contributed by atoms with Crippen molar-refractivity contribution in [2.24, 2.45) is 5.92 Å². The van der Waals surface area contributed by atoms with Crippen LogP contribution in [0.1, 0.15) is 17.5 Å². The summed E-state index contributed by atoms with van der Waals surface area (Å²) in [6.45, 7) is 3.94. The predicted molar refractivity (Wildman–Crippen MR) is 98.1 cm³/mol. The van der Waals surface area contributed by atoms with Crippen LogP contribution in [-0.2, 0) is 9.59 Å². The number of hydrogen-bond donors (Lipinski definition) is 1. The number of benzene rings is 2. The van der Waals surface area contributed by atoms with Crippen LogP contribution in [0, 0.1) is 29.9 Å². The maximum atomic E-state index is 12.6. The SMILES string of the molecule is Cc1cc([N+](=O)[O-])ccc1NC(=O)C1CC(=O)N(c2ccccc2C)C1. The van der Waals surface area contributed by atoms with Crippen molar-refractivity contribution in [3.05, 3.63) is 63.7 Å². The van der Waals surface area contributed by atoms with Gasteiger partial charge in [-0.15, -0.1) is 0 Å². The summed E-state index contributed by atoms with van der Waals surface area (Å²) in [6.07, 6.45) is 0.145. The van der Waals surface area contributed by atoms with Crippen molar-refractivity contribution in [3.8, 4) is 0 Å². The van der Waals surface area contributed by atoms with Crippen LogP contribution in [0.3, 0.4) is 0 Å². The van der Waals surface area contributed by atoms with Gasteiger partial charge in [-0.2, -0.15) is 0 Å². The van der Waals surface area contributed by atoms with Crippen LogP contribution in [0.5, 0.6) is 0 Å². The second-order valence-electron chi connectivity index (χ2n) is 6.44. The first-order valence-electron chi connectivity index (χ1n) is 8.28. The Morgan fingerprint density at radius 1 is 1.19 bits per heavy atom. The molecule has 7 nitrogen and oxygen atoms in total. The maximum absolute atomic E-state index is 12.6. The Morgan fingerprint density at radius 3 is 2.58 bits per heavy atom. The van der Waals surface area contributed by atoms with Gasteiger partial charge in [-0.25, -0.2) is 0 Å². The molecule has 1 aliphatic heterocycles. The predicted octanol–water partition coefficient (Wildman–Crippen LogP) is 3.20. The number of amides is 2. The molecule has 1 unspecified atom stereocenters. The van der Waals surface area contributed by atoms with Gasteiger partial charge in [-0.1, -0.05) is 18.2 Å². The highest BCUT2D eigenvalue weighted by Crippen LogP contribution is 2.29. The van der Waals surface area contributed by atoms with E-state index in [1.807, 2.05) is 31.2 Å². The molecule has 1 fully saturated rings. The van der Waals surface area contributed by atoms with Gasteiger partial charge in [0.1, 0.15) is 0 Å². The number of non-ortho nitro benzene ring substituents is 1. The lowest BCUT2D eigenvalue weighted by Crippen LogP contribution is -2.28. The number of rotatable bonds is 4. The monoisotopic (exact) mass is 353 g/mol. The molecule has 1 N–H and O–H groups in total. The molecule has 0 radical (unpaired) electrons. The average molecular weight is 353 g/mol. The van der Waals surface area contributed by atoms with Gasteiger partial charge in [0.2, 0.25) is 11.8 Å². The lowest BCUT2D eigenvalue weighted by Gasteiger charge is -2.19. The van der Waals surface area contributed by atoms with Crippen molar-refractivity contribution < 1.29 is 14.5 Å². The molecule has 0 spiro atoms. The fourth-order valence-electron chi connectivity index (χ4n) is 3.12. The zero-order valence-electron chi connectivity index (χ0n) is 14.6. The van der Waals surface area contributed by atoms with E-state index >= 15 is 0 Å². The highest BCUT2D eigenvalue weighted by molar-refractivity contribution is 6.04. The first-order valence-corrected chi connectivity index (χ1v) is 8.28. The second kappa shape index (κ2) is 6.95. The fraction of sp³-hybridized carbons (Fsp3) is 0.263. The quantitative estimate of drug-likeness (QED) is 0.675. The van der Waals surface area contributed by atoms with E-state index in [0.29, 0.717) is 17.8 Å². The van der Waals surface area contributed by atoms with Gasteiger partial charge < -0.3 is 10.2 Å². The lowest BCUT2D eigenvalue weighted by atomic mass is 10.1. The second-order valence-corrected chi connectivity index (χ2v) is 6.44. The van der Waals surface area contributed by atoms with E-state index in [2.05, 4.69) is 5.32 Å². The molecule has 1 heterocycles. The van der Waals surface area contributed by atoms with Crippen LogP contribution < -0.4 is 10.2 Å². The molecule has 0 aromatic heterocycles. The minimum Gasteiger partial charge on any atom is -0.326 e. The maximum Gasteiger partial charge on any atom is 0.269 e. The molecule has 0 bridgehead atoms. The van der Waals surface area contributed by atoms with Crippen LogP contribution in [-0.4, -0.2) is 23.3 Å². The fourth-order valence-corrected chi connectivity index (χ4v) is 3.12. The molecular weight excluding hydrogens is 334 g/mol. The highest BCUT2D eigenvalue weighted by Gasteiger charge is 2.35. The summed E-state index contributed by atoms with van der Waals surface area (Å²) >= 11 is 0. The van der Waals surface area contributed by atoms with Crippen LogP contribution in [0.15, 0.2) is 42.5 Å². The minimum absolute atomic E-state index is 0.0257. The van der Waals surface area contributed by atoms with E-state index in [0.717, 1.165) is 11.3 Å². The van der Waals surface area contributed by atoms with Crippen LogP contribution in [0.2, 0.25) is 0 Å². The number of para-hydroxylation sites is 1. The Morgan fingerprint density at radius 2 is 1.92 bits per heavy atom. The third kappa shape index (κ3) is 3.42. The number of nitrogens with zero attached hydrogens (tertiary/aromatic N) is 2. The highest BCUT2D eigenvalue weighted by atomic mass is 16.6. The molecule has 134 valence electrons. The van der Waals surface area contributed by atoms with Crippen LogP contribution in [0.25, 0.3) is 0 Å². The third-order valence-corrected chi connectivity index (χ3v) is 4.58. The number of hydrogen-bond acceptors (Lipinski definition) is 4. The summed E-state index contributed by atoms with van der Waals surface area (Å²) < 4.78 is 0. The first kappa shape index (κ1) is 17.6. The summed E-state index contributed by atoms with van der Waals surface area (Å²) in [5.74, 6) is -0.803. The van der Waals surface area contributed by atoms with Crippen molar-refractivity contribution >= 4 is 28.9 Å². The Kier molecular flexibility index (Phi) is 4.71. The molecule has 3 rings (SSSR count). The zero-order valence-corrected chi connectivity index (χ0v) is 14.6. The van der Waals surface area contributed by atoms with E-state index < -0.39 is 10.8 Å². The molecule has 1 saturated heterocycles. The van der Waals surface area contributed by atoms with Crippen molar-refractivity contribution in [1.82, 2.24) is 0 Å². The number of carbonyl (C=O) groups is 2. The number of carbonyl (C=O) groups excluding carboxylic acids is 2. The number of aryl methyl sites for hydroxylation is 2. The van der Waals surface area contributed by atoms with Gasteiger partial charge in [-0.05, 0) is 37.1 Å². The molecule has 2 aromatic carbocycles. The summed E-state index contributed by atoms with van der Waals surface area (Å²) in [6, 6.07) is 11.8. The molecule has 7 heteroatoms. The van der Waals surface area contributed by atoms with E-state index in [1.165, 1.54) is 18.2 Å².